The van der Waals surface area contributed by atoms with E-state index in [2.05, 4.69) is 10.2 Å². The van der Waals surface area contributed by atoms with E-state index >= 15 is 0 Å². The molecule has 2 saturated heterocycles. The van der Waals surface area contributed by atoms with E-state index < -0.39 is 0 Å². The first-order valence-corrected chi connectivity index (χ1v) is 8.47. The highest BCUT2D eigenvalue weighted by molar-refractivity contribution is 5.85. The number of carbonyl (C=O) groups excluding carboxylic acids is 1. The van der Waals surface area contributed by atoms with Crippen LogP contribution in [0.1, 0.15) is 32.1 Å². The number of ether oxygens (including phenoxy) is 1. The number of rotatable bonds is 3. The maximum Gasteiger partial charge on any atom is 0.236 e. The number of nitrogens with one attached hydrogen (secondary N) is 1. The first-order valence-electron chi connectivity index (χ1n) is 8.47. The molecule has 7 heteroatoms. The number of methoxy groups -OCH3 is 1. The van der Waals surface area contributed by atoms with E-state index in [4.69, 9.17) is 4.74 Å². The summed E-state index contributed by atoms with van der Waals surface area (Å²) in [6.45, 7) is 6.29. The topological polar surface area (TPSA) is 44.8 Å². The third-order valence-corrected chi connectivity index (χ3v) is 5.62. The zero-order valence-electron chi connectivity index (χ0n) is 14.1. The molecule has 2 atom stereocenters. The molecule has 5 nitrogen and oxygen atoms in total. The van der Waals surface area contributed by atoms with Crippen molar-refractivity contribution in [3.05, 3.63) is 0 Å². The number of halogens is 2. The summed E-state index contributed by atoms with van der Waals surface area (Å²) in [5.41, 5.74) is 0.316. The average Bonchev–Trinajstić information content (AvgIpc) is 2.90. The summed E-state index contributed by atoms with van der Waals surface area (Å²) in [7, 11) is 1.85. The van der Waals surface area contributed by atoms with Gasteiger partial charge in [0.2, 0.25) is 5.91 Å². The molecule has 23 heavy (non-hydrogen) atoms. The number of hydrogen-bond acceptors (Lipinski definition) is 4. The van der Waals surface area contributed by atoms with Gasteiger partial charge in [-0.25, -0.2) is 0 Å². The average molecular weight is 368 g/mol. The van der Waals surface area contributed by atoms with Crippen LogP contribution in [0.5, 0.6) is 0 Å². The molecule has 0 aromatic rings. The highest BCUT2D eigenvalue weighted by Gasteiger charge is 2.45. The fourth-order valence-electron chi connectivity index (χ4n) is 4.54. The smallest absolute Gasteiger partial charge is 0.236 e. The number of likely N-dealkylation sites (tertiary alicyclic amines) is 1. The van der Waals surface area contributed by atoms with E-state index in [1.165, 1.54) is 32.1 Å². The Balaban J connectivity index is 0.00000132. The quantitative estimate of drug-likeness (QED) is 0.821. The Morgan fingerprint density at radius 3 is 2.57 bits per heavy atom. The van der Waals surface area contributed by atoms with Gasteiger partial charge in [-0.1, -0.05) is 6.42 Å². The molecule has 0 aromatic carbocycles. The third-order valence-electron chi connectivity index (χ3n) is 5.62. The molecule has 3 aliphatic rings. The van der Waals surface area contributed by atoms with Gasteiger partial charge in [-0.15, -0.1) is 24.8 Å². The van der Waals surface area contributed by atoms with Crippen molar-refractivity contribution < 1.29 is 9.53 Å². The minimum Gasteiger partial charge on any atom is -0.381 e. The molecule has 0 aromatic heterocycles. The zero-order chi connectivity index (χ0) is 14.7. The zero-order valence-corrected chi connectivity index (χ0v) is 15.7. The molecule has 0 unspecified atom stereocenters. The first kappa shape index (κ1) is 21.0. The van der Waals surface area contributed by atoms with Crippen LogP contribution in [0.4, 0.5) is 0 Å². The van der Waals surface area contributed by atoms with E-state index in [-0.39, 0.29) is 24.8 Å². The number of nitrogens with zero attached hydrogens (tertiary/aromatic N) is 2. The van der Waals surface area contributed by atoms with Crippen LogP contribution in [-0.2, 0) is 9.53 Å². The normalized spacial score (nSPS) is 31.5. The predicted octanol–water partition coefficient (Wildman–Crippen LogP) is 1.54. The van der Waals surface area contributed by atoms with Crippen molar-refractivity contribution in [3.63, 3.8) is 0 Å². The van der Waals surface area contributed by atoms with Gasteiger partial charge in [0.05, 0.1) is 12.6 Å². The summed E-state index contributed by atoms with van der Waals surface area (Å²) >= 11 is 0. The van der Waals surface area contributed by atoms with Crippen LogP contribution in [0.25, 0.3) is 0 Å². The number of amides is 1. The van der Waals surface area contributed by atoms with E-state index in [1.807, 2.05) is 12.0 Å². The van der Waals surface area contributed by atoms with Crippen molar-refractivity contribution in [1.29, 1.82) is 0 Å². The molecule has 1 amide bonds. The molecule has 2 aliphatic heterocycles. The fraction of sp³-hybridized carbons (Fsp3) is 0.938. The molecule has 136 valence electrons. The summed E-state index contributed by atoms with van der Waals surface area (Å²) in [4.78, 5) is 16.8. The van der Waals surface area contributed by atoms with Crippen molar-refractivity contribution >= 4 is 30.7 Å². The first-order chi connectivity index (χ1) is 10.2. The second-order valence-corrected chi connectivity index (χ2v) is 6.92. The van der Waals surface area contributed by atoms with Gasteiger partial charge in [-0.05, 0) is 32.2 Å². The van der Waals surface area contributed by atoms with Gasteiger partial charge in [0, 0.05) is 45.2 Å². The van der Waals surface area contributed by atoms with Crippen LogP contribution in [0.2, 0.25) is 0 Å². The Kier molecular flexibility index (Phi) is 8.59. The SMILES string of the molecule is CO[C@@H]1CCC[C@@]12CCCN(CC(=O)N1CCNCC1)C2.Cl.Cl. The minimum atomic E-state index is 0. The van der Waals surface area contributed by atoms with Gasteiger partial charge in [-0.2, -0.15) is 0 Å². The lowest BCUT2D eigenvalue weighted by Gasteiger charge is -2.44. The van der Waals surface area contributed by atoms with Crippen molar-refractivity contribution in [2.75, 3.05) is 52.9 Å². The lowest BCUT2D eigenvalue weighted by Crippen LogP contribution is -2.53. The molecule has 1 N–H and O–H groups in total. The maximum atomic E-state index is 12.4. The molecular formula is C16H31Cl2N3O2. The maximum absolute atomic E-state index is 12.4. The Labute approximate surface area is 152 Å². The summed E-state index contributed by atoms with van der Waals surface area (Å²) in [6, 6.07) is 0. The van der Waals surface area contributed by atoms with Crippen LogP contribution < -0.4 is 5.32 Å². The summed E-state index contributed by atoms with van der Waals surface area (Å²) < 4.78 is 5.74. The fourth-order valence-corrected chi connectivity index (χ4v) is 4.54. The van der Waals surface area contributed by atoms with Gasteiger partial charge in [0.1, 0.15) is 0 Å². The monoisotopic (exact) mass is 367 g/mol. The molecule has 1 saturated carbocycles. The van der Waals surface area contributed by atoms with Crippen LogP contribution in [0.3, 0.4) is 0 Å². The highest BCUT2D eigenvalue weighted by atomic mass is 35.5. The van der Waals surface area contributed by atoms with E-state index in [0.29, 0.717) is 24.0 Å². The van der Waals surface area contributed by atoms with Crippen LogP contribution in [0, 0.1) is 5.41 Å². The molecule has 3 rings (SSSR count). The Morgan fingerprint density at radius 1 is 1.17 bits per heavy atom. The van der Waals surface area contributed by atoms with Crippen LogP contribution in [0.15, 0.2) is 0 Å². The number of hydrogen-bond donors (Lipinski definition) is 1. The Morgan fingerprint density at radius 2 is 1.87 bits per heavy atom. The van der Waals surface area contributed by atoms with Gasteiger partial charge < -0.3 is 15.0 Å². The van der Waals surface area contributed by atoms with Crippen molar-refractivity contribution in [1.82, 2.24) is 15.1 Å². The molecule has 1 aliphatic carbocycles. The van der Waals surface area contributed by atoms with Crippen LogP contribution in [-0.4, -0.2) is 74.7 Å². The second kappa shape index (κ2) is 9.42. The van der Waals surface area contributed by atoms with Crippen LogP contribution >= 0.6 is 24.8 Å². The number of piperidine rings is 1. The van der Waals surface area contributed by atoms with Crippen molar-refractivity contribution in [3.8, 4) is 0 Å². The molecule has 0 radical (unpaired) electrons. The van der Waals surface area contributed by atoms with Crippen molar-refractivity contribution in [2.45, 2.75) is 38.2 Å². The molecule has 2 heterocycles. The van der Waals surface area contributed by atoms with Gasteiger partial charge in [0.15, 0.2) is 0 Å². The van der Waals surface area contributed by atoms with E-state index in [9.17, 15) is 4.79 Å². The Hall–Kier alpha value is -0.0700. The number of piperazine rings is 1. The molecule has 0 bridgehead atoms. The standard InChI is InChI=1S/C16H29N3O2.2ClH/c1-21-14-4-2-5-16(14)6-3-9-18(13-16)12-15(20)19-10-7-17-8-11-19;;/h14,17H,2-13H2,1H3;2*1H/t14-,16+;;/m1../s1. The largest absolute Gasteiger partial charge is 0.381 e. The summed E-state index contributed by atoms with van der Waals surface area (Å²) in [5.74, 6) is 0.306. The van der Waals surface area contributed by atoms with Gasteiger partial charge in [-0.3, -0.25) is 9.69 Å². The second-order valence-electron chi connectivity index (χ2n) is 6.92. The van der Waals surface area contributed by atoms with Gasteiger partial charge in [0.25, 0.3) is 0 Å². The van der Waals surface area contributed by atoms with E-state index in [1.54, 1.807) is 0 Å². The third kappa shape index (κ3) is 4.73. The molecule has 3 fully saturated rings. The Bertz CT molecular complexity index is 380. The highest BCUT2D eigenvalue weighted by Crippen LogP contribution is 2.46. The summed E-state index contributed by atoms with van der Waals surface area (Å²) in [6.07, 6.45) is 6.60. The van der Waals surface area contributed by atoms with E-state index in [0.717, 1.165) is 39.3 Å². The predicted molar refractivity (Wildman–Crippen MR) is 96.7 cm³/mol. The number of carbonyl (C=O) groups is 1. The lowest BCUT2D eigenvalue weighted by atomic mass is 9.76. The van der Waals surface area contributed by atoms with Crippen molar-refractivity contribution in [2.24, 2.45) is 5.41 Å². The molecular weight excluding hydrogens is 337 g/mol. The van der Waals surface area contributed by atoms with Gasteiger partial charge >= 0.3 is 0 Å². The molecule has 1 spiro atoms. The minimum absolute atomic E-state index is 0. The summed E-state index contributed by atoms with van der Waals surface area (Å²) in [5, 5.41) is 3.30. The lowest BCUT2D eigenvalue weighted by molar-refractivity contribution is -0.134.